The SMILES string of the molecule is C=CCC(C(=O)O)C1CCC(CCC2CCC(C)CC2)CC1. The monoisotopic (exact) mass is 306 g/mol. The minimum absolute atomic E-state index is 0.196. The van der Waals surface area contributed by atoms with E-state index in [0.717, 1.165) is 30.6 Å². The van der Waals surface area contributed by atoms with Gasteiger partial charge >= 0.3 is 5.97 Å². The fraction of sp³-hybridized carbons (Fsp3) is 0.850. The van der Waals surface area contributed by atoms with Crippen molar-refractivity contribution in [2.24, 2.45) is 29.6 Å². The molecule has 2 aliphatic rings. The predicted molar refractivity (Wildman–Crippen MR) is 91.7 cm³/mol. The number of carbonyl (C=O) groups is 1. The van der Waals surface area contributed by atoms with E-state index in [1.165, 1.54) is 51.4 Å². The van der Waals surface area contributed by atoms with Crippen LogP contribution in [0.5, 0.6) is 0 Å². The average Bonchev–Trinajstić information content (AvgIpc) is 2.52. The lowest BCUT2D eigenvalue weighted by atomic mass is 9.72. The zero-order valence-electron chi connectivity index (χ0n) is 14.3. The van der Waals surface area contributed by atoms with Crippen molar-refractivity contribution in [1.29, 1.82) is 0 Å². The second-order valence-electron chi connectivity index (χ2n) is 7.95. The van der Waals surface area contributed by atoms with Crippen molar-refractivity contribution in [1.82, 2.24) is 0 Å². The van der Waals surface area contributed by atoms with Gasteiger partial charge < -0.3 is 5.11 Å². The zero-order chi connectivity index (χ0) is 15.9. The van der Waals surface area contributed by atoms with Crippen molar-refractivity contribution < 1.29 is 9.90 Å². The Bertz CT molecular complexity index is 347. The number of rotatable bonds is 7. The highest BCUT2D eigenvalue weighted by atomic mass is 16.4. The van der Waals surface area contributed by atoms with Crippen molar-refractivity contribution in [2.45, 2.75) is 77.6 Å². The largest absolute Gasteiger partial charge is 0.481 e. The number of carboxylic acids is 1. The molecule has 0 aromatic carbocycles. The molecule has 0 aromatic heterocycles. The van der Waals surface area contributed by atoms with E-state index < -0.39 is 5.97 Å². The molecule has 2 saturated carbocycles. The molecule has 22 heavy (non-hydrogen) atoms. The Kier molecular flexibility index (Phi) is 6.98. The second-order valence-corrected chi connectivity index (χ2v) is 7.95. The van der Waals surface area contributed by atoms with Gasteiger partial charge in [0.25, 0.3) is 0 Å². The van der Waals surface area contributed by atoms with Gasteiger partial charge in [-0.3, -0.25) is 4.79 Å². The molecular weight excluding hydrogens is 272 g/mol. The van der Waals surface area contributed by atoms with Crippen LogP contribution in [0.1, 0.15) is 77.6 Å². The summed E-state index contributed by atoms with van der Waals surface area (Å²) in [6.07, 6.45) is 15.6. The van der Waals surface area contributed by atoms with Crippen LogP contribution in [0.25, 0.3) is 0 Å². The zero-order valence-corrected chi connectivity index (χ0v) is 14.3. The van der Waals surface area contributed by atoms with Gasteiger partial charge in [0, 0.05) is 0 Å². The first-order valence-corrected chi connectivity index (χ1v) is 9.43. The average molecular weight is 306 g/mol. The minimum Gasteiger partial charge on any atom is -0.481 e. The topological polar surface area (TPSA) is 37.3 Å². The van der Waals surface area contributed by atoms with Crippen molar-refractivity contribution in [3.05, 3.63) is 12.7 Å². The molecule has 0 spiro atoms. The molecule has 1 unspecified atom stereocenters. The molecule has 2 nitrogen and oxygen atoms in total. The standard InChI is InChI=1S/C20H34O2/c1-3-4-19(20(21)22)18-13-11-17(12-14-18)10-9-16-7-5-15(2)6-8-16/h3,15-19H,1,4-14H2,2H3,(H,21,22). The molecule has 0 aromatic rings. The Labute approximate surface area is 136 Å². The maximum absolute atomic E-state index is 11.4. The number of aliphatic carboxylic acids is 1. The predicted octanol–water partition coefficient (Wildman–Crippen LogP) is 5.68. The highest BCUT2D eigenvalue weighted by molar-refractivity contribution is 5.70. The molecule has 0 saturated heterocycles. The van der Waals surface area contributed by atoms with Crippen LogP contribution in [0, 0.1) is 29.6 Å². The summed E-state index contributed by atoms with van der Waals surface area (Å²) in [5, 5.41) is 9.37. The Morgan fingerprint density at radius 1 is 1.05 bits per heavy atom. The number of allylic oxidation sites excluding steroid dienone is 1. The van der Waals surface area contributed by atoms with E-state index in [1.807, 2.05) is 0 Å². The summed E-state index contributed by atoms with van der Waals surface area (Å²) in [7, 11) is 0. The van der Waals surface area contributed by atoms with Crippen LogP contribution in [-0.4, -0.2) is 11.1 Å². The highest BCUT2D eigenvalue weighted by Gasteiger charge is 2.31. The normalized spacial score (nSPS) is 34.0. The Balaban J connectivity index is 1.68. The Morgan fingerprint density at radius 2 is 1.55 bits per heavy atom. The van der Waals surface area contributed by atoms with E-state index in [4.69, 9.17) is 0 Å². The molecule has 2 rings (SSSR count). The van der Waals surface area contributed by atoms with Crippen LogP contribution < -0.4 is 0 Å². The fourth-order valence-corrected chi connectivity index (χ4v) is 4.64. The van der Waals surface area contributed by atoms with Crippen LogP contribution in [0.4, 0.5) is 0 Å². The maximum Gasteiger partial charge on any atom is 0.307 e. The second kappa shape index (κ2) is 8.74. The Hall–Kier alpha value is -0.790. The van der Waals surface area contributed by atoms with Gasteiger partial charge in [0.05, 0.1) is 5.92 Å². The maximum atomic E-state index is 11.4. The summed E-state index contributed by atoms with van der Waals surface area (Å²) < 4.78 is 0. The summed E-state index contributed by atoms with van der Waals surface area (Å²) in [6.45, 7) is 6.10. The lowest BCUT2D eigenvalue weighted by Crippen LogP contribution is -2.27. The molecule has 1 N–H and O–H groups in total. The van der Waals surface area contributed by atoms with Gasteiger partial charge in [-0.25, -0.2) is 0 Å². The minimum atomic E-state index is -0.625. The van der Waals surface area contributed by atoms with Crippen LogP contribution in [0.15, 0.2) is 12.7 Å². The Morgan fingerprint density at radius 3 is 2.00 bits per heavy atom. The molecule has 0 aliphatic heterocycles. The molecule has 0 radical (unpaired) electrons. The van der Waals surface area contributed by atoms with Gasteiger partial charge in [0.2, 0.25) is 0 Å². The van der Waals surface area contributed by atoms with E-state index in [-0.39, 0.29) is 5.92 Å². The van der Waals surface area contributed by atoms with Crippen molar-refractivity contribution in [3.63, 3.8) is 0 Å². The summed E-state index contributed by atoms with van der Waals surface area (Å²) in [6, 6.07) is 0. The van der Waals surface area contributed by atoms with Crippen LogP contribution in [0.3, 0.4) is 0 Å². The molecular formula is C20H34O2. The first-order valence-electron chi connectivity index (χ1n) is 9.43. The molecule has 2 aliphatic carbocycles. The number of carboxylic acid groups (broad SMARTS) is 1. The third-order valence-corrected chi connectivity index (χ3v) is 6.32. The van der Waals surface area contributed by atoms with Crippen molar-refractivity contribution in [3.8, 4) is 0 Å². The first-order chi connectivity index (χ1) is 10.6. The summed E-state index contributed by atoms with van der Waals surface area (Å²) in [4.78, 5) is 11.4. The lowest BCUT2D eigenvalue weighted by Gasteiger charge is -2.33. The molecule has 0 amide bonds. The van der Waals surface area contributed by atoms with Gasteiger partial charge in [-0.15, -0.1) is 6.58 Å². The van der Waals surface area contributed by atoms with E-state index >= 15 is 0 Å². The lowest BCUT2D eigenvalue weighted by molar-refractivity contribution is -0.144. The molecule has 2 heteroatoms. The fourth-order valence-electron chi connectivity index (χ4n) is 4.64. The highest BCUT2D eigenvalue weighted by Crippen LogP contribution is 2.39. The summed E-state index contributed by atoms with van der Waals surface area (Å²) in [5.41, 5.74) is 0. The van der Waals surface area contributed by atoms with Gasteiger partial charge in [-0.2, -0.15) is 0 Å². The van der Waals surface area contributed by atoms with E-state index in [1.54, 1.807) is 6.08 Å². The van der Waals surface area contributed by atoms with Gasteiger partial charge in [0.15, 0.2) is 0 Å². The van der Waals surface area contributed by atoms with E-state index in [9.17, 15) is 9.90 Å². The van der Waals surface area contributed by atoms with Crippen LogP contribution in [0.2, 0.25) is 0 Å². The van der Waals surface area contributed by atoms with E-state index in [0.29, 0.717) is 12.3 Å². The smallest absolute Gasteiger partial charge is 0.307 e. The number of hydrogen-bond donors (Lipinski definition) is 1. The van der Waals surface area contributed by atoms with E-state index in [2.05, 4.69) is 13.5 Å². The molecule has 1 atom stereocenters. The molecule has 2 fully saturated rings. The van der Waals surface area contributed by atoms with Gasteiger partial charge in [0.1, 0.15) is 0 Å². The first kappa shape index (κ1) is 17.6. The molecule has 0 heterocycles. The quantitative estimate of drug-likeness (QED) is 0.615. The number of hydrogen-bond acceptors (Lipinski definition) is 1. The summed E-state index contributed by atoms with van der Waals surface area (Å²) in [5.74, 6) is 2.33. The summed E-state index contributed by atoms with van der Waals surface area (Å²) >= 11 is 0. The van der Waals surface area contributed by atoms with Crippen molar-refractivity contribution >= 4 is 5.97 Å². The van der Waals surface area contributed by atoms with Gasteiger partial charge in [-0.1, -0.05) is 64.4 Å². The molecule has 126 valence electrons. The van der Waals surface area contributed by atoms with Gasteiger partial charge in [-0.05, 0) is 42.9 Å². The third kappa shape index (κ3) is 5.14. The van der Waals surface area contributed by atoms with Crippen molar-refractivity contribution in [2.75, 3.05) is 0 Å². The van der Waals surface area contributed by atoms with Crippen LogP contribution in [-0.2, 0) is 4.79 Å². The third-order valence-electron chi connectivity index (χ3n) is 6.32. The molecule has 0 bridgehead atoms. The van der Waals surface area contributed by atoms with Crippen LogP contribution >= 0.6 is 0 Å².